The number of thiazole rings is 1. The molecule has 0 amide bonds. The van der Waals surface area contributed by atoms with Gasteiger partial charge in [-0.3, -0.25) is 9.79 Å². The first-order chi connectivity index (χ1) is 17.4. The van der Waals surface area contributed by atoms with Crippen LogP contribution in [-0.4, -0.2) is 16.7 Å². The first-order valence-corrected chi connectivity index (χ1v) is 12.6. The number of carbonyl (C=O) groups is 1. The minimum absolute atomic E-state index is 0.0359. The molecule has 36 heavy (non-hydrogen) atoms. The van der Waals surface area contributed by atoms with Crippen LogP contribution in [0.4, 0.5) is 13.9 Å². The predicted octanol–water partition coefficient (Wildman–Crippen LogP) is 4.68. The van der Waals surface area contributed by atoms with E-state index in [2.05, 4.69) is 20.6 Å². The highest BCUT2D eigenvalue weighted by atomic mass is 35.5. The number of aromatic nitrogens is 1. The second-order valence-corrected chi connectivity index (χ2v) is 10.3. The number of Topliss-reactive ketones (excluding diaryl/α,β-unsaturated/α-hetero) is 1. The van der Waals surface area contributed by atoms with Gasteiger partial charge in [-0.1, -0.05) is 47.2 Å². The molecule has 1 aliphatic heterocycles. The van der Waals surface area contributed by atoms with Crippen molar-refractivity contribution in [2.24, 2.45) is 5.92 Å². The molecule has 180 valence electrons. The molecule has 2 aliphatic rings. The van der Waals surface area contributed by atoms with E-state index >= 15 is 0 Å². The number of hydrogen-bond acceptors (Lipinski definition) is 5. The first-order valence-electron chi connectivity index (χ1n) is 11.4. The quantitative estimate of drug-likeness (QED) is 0.366. The van der Waals surface area contributed by atoms with Crippen molar-refractivity contribution in [1.29, 1.82) is 0 Å². The van der Waals surface area contributed by atoms with Crippen molar-refractivity contribution in [1.82, 2.24) is 10.3 Å². The minimum atomic E-state index is -0.698. The summed E-state index contributed by atoms with van der Waals surface area (Å²) in [5.74, 6) is -1.77. The summed E-state index contributed by atoms with van der Waals surface area (Å²) in [5.41, 5.74) is 2.79. The monoisotopic (exact) mass is 521 g/mol. The maximum atomic E-state index is 14.2. The molecule has 0 fully saturated rings. The zero-order chi connectivity index (χ0) is 24.8. The Balaban J connectivity index is 1.42. The summed E-state index contributed by atoms with van der Waals surface area (Å²) in [6.07, 6.45) is 2.26. The van der Waals surface area contributed by atoms with E-state index in [1.54, 1.807) is 6.07 Å². The maximum Gasteiger partial charge on any atom is 0.355 e. The number of fused-ring (bicyclic) bond motifs is 2. The molecule has 3 aromatic carbocycles. The Morgan fingerprint density at radius 2 is 1.83 bits per heavy atom. The molecule has 3 N–H and O–H groups in total. The van der Waals surface area contributed by atoms with Crippen LogP contribution in [-0.2, 0) is 4.79 Å². The highest BCUT2D eigenvalue weighted by molar-refractivity contribution is 7.22. The fourth-order valence-corrected chi connectivity index (χ4v) is 5.95. The normalized spacial score (nSPS) is 21.4. The summed E-state index contributed by atoms with van der Waals surface area (Å²) in [6, 6.07) is 17.9. The molecule has 4 aromatic rings. The van der Waals surface area contributed by atoms with Gasteiger partial charge in [0.15, 0.2) is 0 Å². The molecule has 1 aliphatic carbocycles. The SMILES string of the molecule is O=C1C[C@H](c2cccc(Cl)c2)C=C2NC(Nc3nc4ccccc4s3)=[NH+][C@@H](c3cc(F)cc(F)c3)[C@H]12. The van der Waals surface area contributed by atoms with Crippen molar-refractivity contribution in [3.8, 4) is 0 Å². The zero-order valence-electron chi connectivity index (χ0n) is 18.8. The van der Waals surface area contributed by atoms with Crippen LogP contribution in [0.2, 0.25) is 5.02 Å². The van der Waals surface area contributed by atoms with Crippen LogP contribution >= 0.6 is 22.9 Å². The first kappa shape index (κ1) is 22.8. The Hall–Kier alpha value is -3.62. The lowest BCUT2D eigenvalue weighted by atomic mass is 9.76. The summed E-state index contributed by atoms with van der Waals surface area (Å²) < 4.78 is 29.3. The third kappa shape index (κ3) is 4.38. The van der Waals surface area contributed by atoms with Gasteiger partial charge in [-0.25, -0.2) is 24.4 Å². The molecule has 1 aromatic heterocycles. The molecular weight excluding hydrogens is 502 g/mol. The second kappa shape index (κ2) is 9.11. The van der Waals surface area contributed by atoms with E-state index in [1.807, 2.05) is 48.5 Å². The summed E-state index contributed by atoms with van der Waals surface area (Å²) in [6.45, 7) is 0. The van der Waals surface area contributed by atoms with Crippen molar-refractivity contribution in [3.63, 3.8) is 0 Å². The molecule has 9 heteroatoms. The van der Waals surface area contributed by atoms with E-state index in [4.69, 9.17) is 11.6 Å². The molecule has 3 atom stereocenters. The van der Waals surface area contributed by atoms with E-state index in [0.29, 0.717) is 27.4 Å². The van der Waals surface area contributed by atoms with E-state index in [-0.39, 0.29) is 18.1 Å². The third-order valence-electron chi connectivity index (χ3n) is 6.43. The van der Waals surface area contributed by atoms with Crippen LogP contribution in [0.1, 0.15) is 29.5 Å². The van der Waals surface area contributed by atoms with Gasteiger partial charge in [0, 0.05) is 23.4 Å². The Labute approximate surface area is 214 Å². The lowest BCUT2D eigenvalue weighted by Crippen LogP contribution is -2.84. The molecule has 0 bridgehead atoms. The number of anilines is 1. The Morgan fingerprint density at radius 1 is 1.03 bits per heavy atom. The smallest absolute Gasteiger partial charge is 0.299 e. The van der Waals surface area contributed by atoms with E-state index in [9.17, 15) is 13.6 Å². The lowest BCUT2D eigenvalue weighted by Gasteiger charge is -2.33. The molecule has 0 unspecified atom stereocenters. The average molecular weight is 522 g/mol. The van der Waals surface area contributed by atoms with Gasteiger partial charge < -0.3 is 0 Å². The Kier molecular flexibility index (Phi) is 5.78. The lowest BCUT2D eigenvalue weighted by molar-refractivity contribution is -0.522. The van der Waals surface area contributed by atoms with E-state index in [0.717, 1.165) is 21.8 Å². The molecule has 0 saturated carbocycles. The third-order valence-corrected chi connectivity index (χ3v) is 7.62. The van der Waals surface area contributed by atoms with Crippen molar-refractivity contribution in [2.45, 2.75) is 18.4 Å². The fourth-order valence-electron chi connectivity index (χ4n) is 4.88. The van der Waals surface area contributed by atoms with Crippen molar-refractivity contribution in [3.05, 3.63) is 106 Å². The molecule has 0 saturated heterocycles. The average Bonchev–Trinajstić information content (AvgIpc) is 3.25. The Morgan fingerprint density at radius 3 is 2.61 bits per heavy atom. The number of para-hydroxylation sites is 1. The largest absolute Gasteiger partial charge is 0.355 e. The van der Waals surface area contributed by atoms with Crippen LogP contribution in [0.25, 0.3) is 10.2 Å². The summed E-state index contributed by atoms with van der Waals surface area (Å²) in [5, 5.41) is 7.79. The molecule has 0 spiro atoms. The van der Waals surface area contributed by atoms with Crippen molar-refractivity contribution >= 4 is 50.0 Å². The number of benzene rings is 3. The summed E-state index contributed by atoms with van der Waals surface area (Å²) in [4.78, 5) is 21.3. The van der Waals surface area contributed by atoms with Gasteiger partial charge >= 0.3 is 5.96 Å². The van der Waals surface area contributed by atoms with Crippen LogP contribution in [0.15, 0.2) is 78.5 Å². The fraction of sp³-hybridized carbons (Fsp3) is 0.148. The topological polar surface area (TPSA) is 68.0 Å². The number of allylic oxidation sites excluding steroid dienone is 1. The molecule has 6 rings (SSSR count). The van der Waals surface area contributed by atoms with E-state index in [1.165, 1.54) is 23.5 Å². The molecule has 0 radical (unpaired) electrons. The highest BCUT2D eigenvalue weighted by Gasteiger charge is 2.44. The number of hydrogen-bond donors (Lipinski definition) is 3. The van der Waals surface area contributed by atoms with Crippen LogP contribution in [0.5, 0.6) is 0 Å². The molecule has 5 nitrogen and oxygen atoms in total. The minimum Gasteiger partial charge on any atom is -0.299 e. The standard InChI is InChI=1S/C27H19ClF2N4OS/c28-17-5-3-4-14(8-17)15-11-21-24(22(35)12-15)25(16-9-18(29)13-19(30)10-16)33-26(31-21)34-27-32-20-6-1-2-7-23(20)36-27/h1-11,13,15,24-25H,12H2,(H2,31,32,33,34)/p+1/t15-,24+,25+/m1/s1. The van der Waals surface area contributed by atoms with E-state index < -0.39 is 23.6 Å². The van der Waals surface area contributed by atoms with Gasteiger partial charge in [0.1, 0.15) is 29.4 Å². The van der Waals surface area contributed by atoms with Crippen molar-refractivity contribution < 1.29 is 18.6 Å². The zero-order valence-corrected chi connectivity index (χ0v) is 20.3. The van der Waals surface area contributed by atoms with Crippen LogP contribution in [0, 0.1) is 17.6 Å². The summed E-state index contributed by atoms with van der Waals surface area (Å²) >= 11 is 7.67. The van der Waals surface area contributed by atoms with Gasteiger partial charge in [0.25, 0.3) is 5.13 Å². The van der Waals surface area contributed by atoms with Gasteiger partial charge in [-0.05, 0) is 53.6 Å². The number of halogens is 3. The van der Waals surface area contributed by atoms with Gasteiger partial charge in [0.2, 0.25) is 0 Å². The predicted molar refractivity (Wildman–Crippen MR) is 137 cm³/mol. The molecule has 2 heterocycles. The number of carbonyl (C=O) groups excluding carboxylic acids is 1. The Bertz CT molecular complexity index is 1510. The molecular formula is C27H20ClF2N4OS+. The number of nitrogens with one attached hydrogen (secondary N) is 3. The second-order valence-electron chi connectivity index (χ2n) is 8.87. The van der Waals surface area contributed by atoms with Crippen molar-refractivity contribution in [2.75, 3.05) is 5.32 Å². The summed E-state index contributed by atoms with van der Waals surface area (Å²) in [7, 11) is 0. The van der Waals surface area contributed by atoms with Crippen LogP contribution < -0.4 is 15.6 Å². The number of nitrogens with zero attached hydrogens (tertiary/aromatic N) is 1. The van der Waals surface area contributed by atoms with Gasteiger partial charge in [-0.15, -0.1) is 0 Å². The number of rotatable bonds is 3. The highest BCUT2D eigenvalue weighted by Crippen LogP contribution is 2.38. The van der Waals surface area contributed by atoms with Gasteiger partial charge in [-0.2, -0.15) is 0 Å². The number of ketones is 1. The van der Waals surface area contributed by atoms with Crippen LogP contribution in [0.3, 0.4) is 0 Å². The number of guanidine groups is 1. The van der Waals surface area contributed by atoms with Gasteiger partial charge in [0.05, 0.1) is 15.9 Å². The maximum absolute atomic E-state index is 14.2.